The molecule has 6 rings (SSSR count). The van der Waals surface area contributed by atoms with Crippen LogP contribution in [0.3, 0.4) is 0 Å². The molecule has 0 unspecified atom stereocenters. The van der Waals surface area contributed by atoms with Crippen molar-refractivity contribution in [2.75, 3.05) is 33.4 Å². The molecule has 1 amide bonds. The maximum absolute atomic E-state index is 13.8. The van der Waals surface area contributed by atoms with Gasteiger partial charge in [0.05, 0.1) is 38.2 Å². The Hall–Kier alpha value is -4.86. The zero-order chi connectivity index (χ0) is 26.4. The van der Waals surface area contributed by atoms with Gasteiger partial charge >= 0.3 is 5.63 Å². The monoisotopic (exact) mass is 517 g/mol. The Balaban J connectivity index is 1.45. The number of methoxy groups -OCH3 is 3. The van der Waals surface area contributed by atoms with Crippen LogP contribution in [0.15, 0.2) is 63.8 Å². The summed E-state index contributed by atoms with van der Waals surface area (Å²) >= 11 is 0. The third kappa shape index (κ3) is 3.73. The number of amides is 1. The Bertz CT molecular complexity index is 1600. The molecule has 1 aromatic heterocycles. The molecule has 2 aliphatic rings. The second-order valence-corrected chi connectivity index (χ2v) is 8.66. The summed E-state index contributed by atoms with van der Waals surface area (Å²) in [5, 5.41) is 3.46. The summed E-state index contributed by atoms with van der Waals surface area (Å²) in [6.07, 6.45) is -1.10. The molecular weight excluding hydrogens is 494 g/mol. The van der Waals surface area contributed by atoms with Gasteiger partial charge in [-0.3, -0.25) is 4.79 Å². The SMILES string of the molecule is COc1cc(NC(=O)[C@@H]2Oc3c(c(=O)oc4ccccc34)[C@H]2c2ccc3c(c2)OCO3)cc(OC)c1OC. The molecule has 10 heteroatoms. The van der Waals surface area contributed by atoms with Gasteiger partial charge in [-0.05, 0) is 29.8 Å². The van der Waals surface area contributed by atoms with Crippen molar-refractivity contribution in [3.63, 3.8) is 0 Å². The van der Waals surface area contributed by atoms with E-state index in [9.17, 15) is 9.59 Å². The Morgan fingerprint density at radius 1 is 0.921 bits per heavy atom. The zero-order valence-electron chi connectivity index (χ0n) is 20.7. The molecule has 0 saturated heterocycles. The number of anilines is 1. The first-order valence-corrected chi connectivity index (χ1v) is 11.7. The summed E-state index contributed by atoms with van der Waals surface area (Å²) in [7, 11) is 4.47. The largest absolute Gasteiger partial charge is 0.493 e. The first-order chi connectivity index (χ1) is 18.5. The Labute approximate surface area is 216 Å². The highest BCUT2D eigenvalue weighted by molar-refractivity contribution is 5.98. The molecule has 0 aliphatic carbocycles. The molecule has 1 N–H and O–H groups in total. The Morgan fingerprint density at radius 2 is 1.66 bits per heavy atom. The number of hydrogen-bond acceptors (Lipinski definition) is 9. The van der Waals surface area contributed by atoms with Crippen molar-refractivity contribution in [3.8, 4) is 34.5 Å². The van der Waals surface area contributed by atoms with Gasteiger partial charge in [0.2, 0.25) is 12.5 Å². The van der Waals surface area contributed by atoms with E-state index in [0.29, 0.717) is 56.7 Å². The molecule has 0 spiro atoms. The maximum Gasteiger partial charge on any atom is 0.344 e. The number of benzene rings is 3. The summed E-state index contributed by atoms with van der Waals surface area (Å²) in [4.78, 5) is 27.0. The van der Waals surface area contributed by atoms with E-state index in [1.807, 2.05) is 6.07 Å². The molecule has 38 heavy (non-hydrogen) atoms. The van der Waals surface area contributed by atoms with Gasteiger partial charge in [-0.25, -0.2) is 4.79 Å². The molecule has 194 valence electrons. The summed E-state index contributed by atoms with van der Waals surface area (Å²) in [6.45, 7) is 0.0916. The number of nitrogens with one attached hydrogen (secondary N) is 1. The number of ether oxygens (including phenoxy) is 6. The van der Waals surface area contributed by atoms with Gasteiger partial charge in [0.1, 0.15) is 11.3 Å². The fourth-order valence-corrected chi connectivity index (χ4v) is 4.90. The van der Waals surface area contributed by atoms with Gasteiger partial charge in [-0.1, -0.05) is 18.2 Å². The molecule has 10 nitrogen and oxygen atoms in total. The minimum atomic E-state index is -1.10. The quantitative estimate of drug-likeness (QED) is 0.378. The predicted octanol–water partition coefficient (Wildman–Crippen LogP) is 4.08. The molecule has 4 aromatic rings. The number of carbonyl (C=O) groups is 1. The molecule has 0 radical (unpaired) electrons. The van der Waals surface area contributed by atoms with Gasteiger partial charge in [0.25, 0.3) is 5.91 Å². The molecule has 0 fully saturated rings. The van der Waals surface area contributed by atoms with Gasteiger partial charge in [0, 0.05) is 17.8 Å². The van der Waals surface area contributed by atoms with Crippen molar-refractivity contribution < 1.29 is 37.6 Å². The molecule has 3 aromatic carbocycles. The van der Waals surface area contributed by atoms with E-state index in [1.54, 1.807) is 48.5 Å². The highest BCUT2D eigenvalue weighted by atomic mass is 16.7. The van der Waals surface area contributed by atoms with E-state index >= 15 is 0 Å². The lowest BCUT2D eigenvalue weighted by atomic mass is 9.88. The standard InChI is InChI=1S/C28H23NO9/c1-32-20-11-15(12-21(33-2)25(20)34-3)29-27(30)26-22(14-8-9-18-19(10-14)36-13-35-18)23-24(38-26)16-6-4-5-7-17(16)37-28(23)31/h4-12,22,26H,13H2,1-3H3,(H,29,30)/t22-,26-/m1/s1. The van der Waals surface area contributed by atoms with Crippen LogP contribution in [0.5, 0.6) is 34.5 Å². The van der Waals surface area contributed by atoms with Crippen LogP contribution < -0.4 is 39.4 Å². The lowest BCUT2D eigenvalue weighted by molar-refractivity contribution is -0.122. The van der Waals surface area contributed by atoms with Crippen molar-refractivity contribution >= 4 is 22.6 Å². The average Bonchev–Trinajstić information content (AvgIpc) is 3.57. The van der Waals surface area contributed by atoms with E-state index < -0.39 is 23.6 Å². The van der Waals surface area contributed by atoms with Crippen molar-refractivity contribution in [2.45, 2.75) is 12.0 Å². The smallest absolute Gasteiger partial charge is 0.344 e. The molecule has 2 aliphatic heterocycles. The van der Waals surface area contributed by atoms with E-state index in [4.69, 9.17) is 32.8 Å². The fraction of sp³-hybridized carbons (Fsp3) is 0.214. The predicted molar refractivity (Wildman–Crippen MR) is 136 cm³/mol. The third-order valence-electron chi connectivity index (χ3n) is 6.60. The van der Waals surface area contributed by atoms with E-state index in [1.165, 1.54) is 21.3 Å². The lowest BCUT2D eigenvalue weighted by Crippen LogP contribution is -2.35. The minimum absolute atomic E-state index is 0.0916. The number of carbonyl (C=O) groups excluding carboxylic acids is 1. The lowest BCUT2D eigenvalue weighted by Gasteiger charge is -2.20. The number of hydrogen-bond donors (Lipinski definition) is 1. The molecule has 0 saturated carbocycles. The van der Waals surface area contributed by atoms with Crippen LogP contribution in [-0.2, 0) is 4.79 Å². The van der Waals surface area contributed by atoms with Crippen molar-refractivity contribution in [1.29, 1.82) is 0 Å². The van der Waals surface area contributed by atoms with Gasteiger partial charge in [0.15, 0.2) is 29.1 Å². The van der Waals surface area contributed by atoms with Crippen LogP contribution in [0.2, 0.25) is 0 Å². The maximum atomic E-state index is 13.8. The van der Waals surface area contributed by atoms with E-state index in [0.717, 1.165) is 0 Å². The second-order valence-electron chi connectivity index (χ2n) is 8.66. The molecule has 3 heterocycles. The average molecular weight is 517 g/mol. The Morgan fingerprint density at radius 3 is 2.39 bits per heavy atom. The van der Waals surface area contributed by atoms with Crippen LogP contribution in [0.1, 0.15) is 17.0 Å². The second kappa shape index (κ2) is 9.22. The minimum Gasteiger partial charge on any atom is -0.493 e. The molecule has 2 atom stereocenters. The fourth-order valence-electron chi connectivity index (χ4n) is 4.90. The van der Waals surface area contributed by atoms with Crippen molar-refractivity contribution in [3.05, 3.63) is 76.1 Å². The van der Waals surface area contributed by atoms with E-state index in [-0.39, 0.29) is 12.4 Å². The van der Waals surface area contributed by atoms with Gasteiger partial charge in [-0.15, -0.1) is 0 Å². The highest BCUT2D eigenvalue weighted by Crippen LogP contribution is 2.47. The number of fused-ring (bicyclic) bond motifs is 4. The number of rotatable bonds is 6. The summed E-state index contributed by atoms with van der Waals surface area (Å²) in [5.74, 6) is 1.28. The first-order valence-electron chi connectivity index (χ1n) is 11.7. The topological polar surface area (TPSA) is 115 Å². The van der Waals surface area contributed by atoms with E-state index in [2.05, 4.69) is 5.32 Å². The van der Waals surface area contributed by atoms with Gasteiger partial charge in [-0.2, -0.15) is 0 Å². The third-order valence-corrected chi connectivity index (χ3v) is 6.60. The van der Waals surface area contributed by atoms with Gasteiger partial charge < -0.3 is 38.2 Å². The van der Waals surface area contributed by atoms with Crippen molar-refractivity contribution in [2.24, 2.45) is 0 Å². The van der Waals surface area contributed by atoms with Crippen LogP contribution in [0, 0.1) is 0 Å². The normalized spacial score (nSPS) is 17.0. The van der Waals surface area contributed by atoms with Crippen LogP contribution >= 0.6 is 0 Å². The summed E-state index contributed by atoms with van der Waals surface area (Å²) in [6, 6.07) is 15.5. The van der Waals surface area contributed by atoms with Crippen LogP contribution in [0.4, 0.5) is 5.69 Å². The van der Waals surface area contributed by atoms with Crippen LogP contribution in [-0.4, -0.2) is 40.1 Å². The van der Waals surface area contributed by atoms with Crippen molar-refractivity contribution in [1.82, 2.24) is 0 Å². The summed E-state index contributed by atoms with van der Waals surface area (Å²) in [5.41, 5.74) is 1.08. The number of para-hydroxylation sites is 1. The highest BCUT2D eigenvalue weighted by Gasteiger charge is 2.44. The zero-order valence-corrected chi connectivity index (χ0v) is 20.7. The van der Waals surface area contributed by atoms with Crippen LogP contribution in [0.25, 0.3) is 11.0 Å². The molecular formula is C28H23NO9. The summed E-state index contributed by atoms with van der Waals surface area (Å²) < 4.78 is 39.0. The molecule has 0 bridgehead atoms. The first kappa shape index (κ1) is 23.5. The Kier molecular flexibility index (Phi) is 5.71.